The largest absolute Gasteiger partial charge is 0.508 e. The Morgan fingerprint density at radius 3 is 2.95 bits per heavy atom. The number of phenolic OH excluding ortho intramolecular Hbond substituents is 1. The molecule has 21 heavy (non-hydrogen) atoms. The first kappa shape index (κ1) is 13.4. The molecule has 1 nitrogen and oxygen atoms in total. The molecule has 0 radical (unpaired) electrons. The van der Waals surface area contributed by atoms with Gasteiger partial charge in [-0.05, 0) is 85.0 Å². The van der Waals surface area contributed by atoms with Gasteiger partial charge in [-0.1, -0.05) is 31.6 Å². The Bertz CT molecular complexity index is 600. The zero-order chi connectivity index (χ0) is 14.6. The summed E-state index contributed by atoms with van der Waals surface area (Å²) in [6, 6.07) is 6.09. The first-order valence-electron chi connectivity index (χ1n) is 8.65. The van der Waals surface area contributed by atoms with Crippen LogP contribution in [-0.2, 0) is 6.42 Å². The number of allylic oxidation sites excluding steroid dienone is 2. The first-order chi connectivity index (χ1) is 10.1. The topological polar surface area (TPSA) is 20.2 Å². The number of benzene rings is 1. The van der Waals surface area contributed by atoms with E-state index in [1.165, 1.54) is 43.2 Å². The van der Waals surface area contributed by atoms with Gasteiger partial charge in [-0.25, -0.2) is 0 Å². The second-order valence-corrected chi connectivity index (χ2v) is 7.57. The van der Waals surface area contributed by atoms with E-state index in [0.29, 0.717) is 11.2 Å². The molecule has 1 fully saturated rings. The Morgan fingerprint density at radius 2 is 2.14 bits per heavy atom. The van der Waals surface area contributed by atoms with Crippen molar-refractivity contribution >= 4 is 0 Å². The number of hydrogen-bond acceptors (Lipinski definition) is 1. The summed E-state index contributed by atoms with van der Waals surface area (Å²) in [5, 5.41) is 9.73. The van der Waals surface area contributed by atoms with Crippen molar-refractivity contribution in [1.29, 1.82) is 0 Å². The second-order valence-electron chi connectivity index (χ2n) is 7.57. The van der Waals surface area contributed by atoms with E-state index >= 15 is 0 Å². The van der Waals surface area contributed by atoms with E-state index in [4.69, 9.17) is 0 Å². The van der Waals surface area contributed by atoms with Gasteiger partial charge in [0.15, 0.2) is 0 Å². The molecule has 4 atom stereocenters. The zero-order valence-corrected chi connectivity index (χ0v) is 13.2. The van der Waals surface area contributed by atoms with E-state index in [-0.39, 0.29) is 0 Å². The van der Waals surface area contributed by atoms with Crippen LogP contribution in [0.25, 0.3) is 0 Å². The monoisotopic (exact) mass is 282 g/mol. The molecule has 0 aliphatic heterocycles. The second kappa shape index (κ2) is 4.63. The Labute approximate surface area is 128 Å². The summed E-state index contributed by atoms with van der Waals surface area (Å²) in [5.74, 6) is 2.87. The third-order valence-corrected chi connectivity index (χ3v) is 6.83. The fourth-order valence-electron chi connectivity index (χ4n) is 5.77. The molecule has 3 aliphatic carbocycles. The first-order valence-corrected chi connectivity index (χ1v) is 8.65. The number of aryl methyl sites for hydroxylation is 1. The molecule has 0 spiro atoms. The molecule has 1 aromatic rings. The van der Waals surface area contributed by atoms with Crippen LogP contribution in [0.5, 0.6) is 5.75 Å². The van der Waals surface area contributed by atoms with Crippen LogP contribution in [0, 0.1) is 17.3 Å². The third kappa shape index (κ3) is 1.82. The van der Waals surface area contributed by atoms with Crippen LogP contribution >= 0.6 is 0 Å². The summed E-state index contributed by atoms with van der Waals surface area (Å²) < 4.78 is 0. The van der Waals surface area contributed by atoms with Crippen molar-refractivity contribution < 1.29 is 5.11 Å². The third-order valence-electron chi connectivity index (χ3n) is 6.83. The quantitative estimate of drug-likeness (QED) is 0.702. The lowest BCUT2D eigenvalue weighted by atomic mass is 9.54. The molecule has 0 unspecified atom stereocenters. The predicted molar refractivity (Wildman–Crippen MR) is 86.5 cm³/mol. The summed E-state index contributed by atoms with van der Waals surface area (Å²) in [6.45, 7) is 4.85. The Morgan fingerprint density at radius 1 is 1.29 bits per heavy atom. The van der Waals surface area contributed by atoms with Crippen molar-refractivity contribution in [3.8, 4) is 5.75 Å². The summed E-state index contributed by atoms with van der Waals surface area (Å²) in [6.07, 6.45) is 10.2. The van der Waals surface area contributed by atoms with Gasteiger partial charge in [-0.2, -0.15) is 0 Å². The highest BCUT2D eigenvalue weighted by atomic mass is 16.3. The SMILES string of the molecule is CCC1=CC[C@H]2[C@@H]3CCc4cc(O)ccc4[C@H]3CC[C@]12C. The van der Waals surface area contributed by atoms with Gasteiger partial charge in [-0.15, -0.1) is 0 Å². The minimum Gasteiger partial charge on any atom is -0.508 e. The zero-order valence-electron chi connectivity index (χ0n) is 13.2. The maximum Gasteiger partial charge on any atom is 0.115 e. The van der Waals surface area contributed by atoms with Gasteiger partial charge in [-0.3, -0.25) is 0 Å². The molecule has 1 saturated carbocycles. The summed E-state index contributed by atoms with van der Waals surface area (Å²) in [4.78, 5) is 0. The molecule has 1 N–H and O–H groups in total. The Kier molecular flexibility index (Phi) is 2.96. The minimum atomic E-state index is 0.434. The average Bonchev–Trinajstić information content (AvgIpc) is 2.83. The van der Waals surface area contributed by atoms with Crippen LogP contribution in [0.2, 0.25) is 0 Å². The standard InChI is InChI=1S/C20H26O/c1-3-14-5-9-19-18-7-4-13-12-15(21)6-8-16(13)17(18)10-11-20(14,19)2/h5-6,8,12,17-19,21H,3-4,7,9-11H2,1-2H3/t17-,18-,19+,20-/m1/s1. The van der Waals surface area contributed by atoms with Crippen molar-refractivity contribution in [1.82, 2.24) is 0 Å². The molecule has 0 amide bonds. The van der Waals surface area contributed by atoms with Gasteiger partial charge < -0.3 is 5.11 Å². The van der Waals surface area contributed by atoms with Crippen molar-refractivity contribution in [3.63, 3.8) is 0 Å². The highest BCUT2D eigenvalue weighted by Gasteiger charge is 2.50. The van der Waals surface area contributed by atoms with Crippen molar-refractivity contribution in [3.05, 3.63) is 41.0 Å². The predicted octanol–water partition coefficient (Wildman–Crippen LogP) is 5.19. The van der Waals surface area contributed by atoms with E-state index in [2.05, 4.69) is 26.0 Å². The van der Waals surface area contributed by atoms with Crippen LogP contribution < -0.4 is 0 Å². The molecule has 4 rings (SSSR count). The van der Waals surface area contributed by atoms with Crippen LogP contribution in [0.4, 0.5) is 0 Å². The molecule has 112 valence electrons. The molecular formula is C20H26O. The number of hydrogen-bond donors (Lipinski definition) is 1. The summed E-state index contributed by atoms with van der Waals surface area (Å²) >= 11 is 0. The maximum atomic E-state index is 9.73. The van der Waals surface area contributed by atoms with Crippen LogP contribution in [0.15, 0.2) is 29.8 Å². The average molecular weight is 282 g/mol. The lowest BCUT2D eigenvalue weighted by molar-refractivity contribution is 0.0735. The molecule has 0 bridgehead atoms. The summed E-state index contributed by atoms with van der Waals surface area (Å²) in [7, 11) is 0. The molecule has 1 aromatic carbocycles. The highest BCUT2D eigenvalue weighted by molar-refractivity contribution is 5.41. The van der Waals surface area contributed by atoms with E-state index in [9.17, 15) is 5.11 Å². The lowest BCUT2D eigenvalue weighted by Crippen LogP contribution is -2.41. The number of fused-ring (bicyclic) bond motifs is 5. The molecule has 3 aliphatic rings. The van der Waals surface area contributed by atoms with E-state index in [0.717, 1.165) is 24.2 Å². The van der Waals surface area contributed by atoms with Gasteiger partial charge in [0.25, 0.3) is 0 Å². The van der Waals surface area contributed by atoms with Gasteiger partial charge >= 0.3 is 0 Å². The minimum absolute atomic E-state index is 0.434. The van der Waals surface area contributed by atoms with Crippen molar-refractivity contribution in [2.45, 2.75) is 58.3 Å². The molecule has 1 heteroatoms. The maximum absolute atomic E-state index is 9.73. The number of phenols is 1. The van der Waals surface area contributed by atoms with E-state index in [1.54, 1.807) is 5.57 Å². The lowest BCUT2D eigenvalue weighted by Gasteiger charge is -2.50. The van der Waals surface area contributed by atoms with Crippen LogP contribution in [0.1, 0.15) is 63.0 Å². The normalized spacial score (nSPS) is 37.4. The molecule has 0 heterocycles. The highest BCUT2D eigenvalue weighted by Crippen LogP contribution is 2.61. The van der Waals surface area contributed by atoms with Gasteiger partial charge in [0.05, 0.1) is 0 Å². The summed E-state index contributed by atoms with van der Waals surface area (Å²) in [5.41, 5.74) is 5.14. The van der Waals surface area contributed by atoms with Gasteiger partial charge in [0, 0.05) is 0 Å². The van der Waals surface area contributed by atoms with E-state index in [1.807, 2.05) is 12.1 Å². The Balaban J connectivity index is 1.69. The van der Waals surface area contributed by atoms with Gasteiger partial charge in [0.1, 0.15) is 5.75 Å². The number of rotatable bonds is 1. The fraction of sp³-hybridized carbons (Fsp3) is 0.600. The van der Waals surface area contributed by atoms with Crippen molar-refractivity contribution in [2.75, 3.05) is 0 Å². The molecule has 0 saturated heterocycles. The van der Waals surface area contributed by atoms with Gasteiger partial charge in [0.2, 0.25) is 0 Å². The smallest absolute Gasteiger partial charge is 0.115 e. The van der Waals surface area contributed by atoms with Crippen molar-refractivity contribution in [2.24, 2.45) is 17.3 Å². The van der Waals surface area contributed by atoms with Crippen LogP contribution in [0.3, 0.4) is 0 Å². The van der Waals surface area contributed by atoms with Crippen LogP contribution in [-0.4, -0.2) is 5.11 Å². The fourth-order valence-corrected chi connectivity index (χ4v) is 5.77. The molecular weight excluding hydrogens is 256 g/mol. The Hall–Kier alpha value is -1.24. The number of aromatic hydroxyl groups is 1. The molecule has 0 aromatic heterocycles. The van der Waals surface area contributed by atoms with E-state index < -0.39 is 0 Å².